The molecule has 4 heterocycles. The zero-order valence-electron chi connectivity index (χ0n) is 20.4. The number of hydrogen-bond donors (Lipinski definition) is 2. The van der Waals surface area contributed by atoms with Crippen molar-refractivity contribution in [1.29, 1.82) is 0 Å². The Morgan fingerprint density at radius 3 is 2.75 bits per heavy atom. The summed E-state index contributed by atoms with van der Waals surface area (Å²) in [7, 11) is 0. The number of carbonyl (C=O) groups is 2. The van der Waals surface area contributed by atoms with Gasteiger partial charge < -0.3 is 25.2 Å². The lowest BCUT2D eigenvalue weighted by atomic mass is 10.0. The maximum Gasteiger partial charge on any atom is 0.319 e. The summed E-state index contributed by atoms with van der Waals surface area (Å²) in [5, 5.41) is 7.83. The first kappa shape index (κ1) is 24.1. The van der Waals surface area contributed by atoms with E-state index in [-0.39, 0.29) is 18.0 Å². The van der Waals surface area contributed by atoms with Crippen molar-refractivity contribution in [2.75, 3.05) is 43.1 Å². The van der Waals surface area contributed by atoms with Crippen molar-refractivity contribution in [3.05, 3.63) is 52.1 Å². The van der Waals surface area contributed by atoms with Crippen LogP contribution in [-0.4, -0.2) is 70.7 Å². The third-order valence-electron chi connectivity index (χ3n) is 6.32. The Bertz CT molecular complexity index is 1230. The van der Waals surface area contributed by atoms with Gasteiger partial charge in [0.05, 0.1) is 31.5 Å². The molecular weight excluding hydrogens is 478 g/mol. The molecule has 3 aromatic rings. The number of fused-ring (bicyclic) bond motifs is 1. The molecule has 2 aliphatic rings. The standard InChI is InChI=1S/C25H29N7O3S/c1-3-26-25(34)28-18-6-4-17(5-7-18)21-29-20-14-31(24(33)23-27-9-13-36-23)10-8-19(20)22(30-21)32-11-12-35-15-16(32)2/h4-7,9,13,16H,3,8,10-12,14-15H2,1-2H3,(H2,26,28,34). The van der Waals surface area contributed by atoms with Crippen LogP contribution in [0, 0.1) is 0 Å². The van der Waals surface area contributed by atoms with E-state index in [1.165, 1.54) is 11.3 Å². The molecule has 1 atom stereocenters. The number of aromatic nitrogens is 3. The van der Waals surface area contributed by atoms with Crippen LogP contribution in [-0.2, 0) is 17.7 Å². The first-order valence-electron chi connectivity index (χ1n) is 12.1. The predicted octanol–water partition coefficient (Wildman–Crippen LogP) is 3.17. The third-order valence-corrected chi connectivity index (χ3v) is 7.08. The summed E-state index contributed by atoms with van der Waals surface area (Å²) in [6.45, 7) is 7.60. The SMILES string of the molecule is CCNC(=O)Nc1ccc(-c2nc3c(c(N4CCOCC4C)n2)CCN(C(=O)c2nccs2)C3)cc1. The number of nitrogens with one attached hydrogen (secondary N) is 2. The molecule has 5 rings (SSSR count). The Balaban J connectivity index is 1.48. The van der Waals surface area contributed by atoms with Crippen molar-refractivity contribution in [3.63, 3.8) is 0 Å². The highest BCUT2D eigenvalue weighted by Gasteiger charge is 2.31. The second kappa shape index (κ2) is 10.6. The van der Waals surface area contributed by atoms with Gasteiger partial charge in [-0.3, -0.25) is 4.79 Å². The van der Waals surface area contributed by atoms with Gasteiger partial charge in [-0.1, -0.05) is 0 Å². The van der Waals surface area contributed by atoms with E-state index >= 15 is 0 Å². The van der Waals surface area contributed by atoms with E-state index in [2.05, 4.69) is 27.4 Å². The molecular formula is C25H29N7O3S. The van der Waals surface area contributed by atoms with Crippen molar-refractivity contribution in [2.45, 2.75) is 32.9 Å². The fourth-order valence-electron chi connectivity index (χ4n) is 4.50. The molecule has 1 saturated heterocycles. The van der Waals surface area contributed by atoms with Crippen LogP contribution < -0.4 is 15.5 Å². The molecule has 2 N–H and O–H groups in total. The van der Waals surface area contributed by atoms with E-state index in [1.54, 1.807) is 6.20 Å². The number of thiazole rings is 1. The Morgan fingerprint density at radius 2 is 2.03 bits per heavy atom. The number of rotatable bonds is 5. The number of ether oxygens (including phenoxy) is 1. The zero-order chi connectivity index (χ0) is 25.1. The molecule has 0 spiro atoms. The maximum absolute atomic E-state index is 13.0. The molecule has 11 heteroatoms. The first-order valence-corrected chi connectivity index (χ1v) is 13.0. The number of carbonyl (C=O) groups excluding carboxylic acids is 2. The van der Waals surface area contributed by atoms with Gasteiger partial charge in [0.25, 0.3) is 5.91 Å². The molecule has 2 aromatic heterocycles. The first-order chi connectivity index (χ1) is 17.5. The summed E-state index contributed by atoms with van der Waals surface area (Å²) in [6, 6.07) is 7.41. The van der Waals surface area contributed by atoms with E-state index in [0.717, 1.165) is 29.2 Å². The molecule has 3 amide bonds. The second-order valence-corrected chi connectivity index (χ2v) is 9.68. The van der Waals surface area contributed by atoms with Crippen LogP contribution in [0.4, 0.5) is 16.3 Å². The van der Waals surface area contributed by atoms with Gasteiger partial charge in [-0.2, -0.15) is 0 Å². The summed E-state index contributed by atoms with van der Waals surface area (Å²) < 4.78 is 5.66. The molecule has 10 nitrogen and oxygen atoms in total. The summed E-state index contributed by atoms with van der Waals surface area (Å²) in [4.78, 5) is 43.1. The lowest BCUT2D eigenvalue weighted by Gasteiger charge is -2.37. The van der Waals surface area contributed by atoms with E-state index in [1.807, 2.05) is 41.5 Å². The van der Waals surface area contributed by atoms with Crippen LogP contribution in [0.5, 0.6) is 0 Å². The van der Waals surface area contributed by atoms with E-state index in [4.69, 9.17) is 14.7 Å². The largest absolute Gasteiger partial charge is 0.377 e. The summed E-state index contributed by atoms with van der Waals surface area (Å²) in [5.41, 5.74) is 3.47. The molecule has 0 radical (unpaired) electrons. The topological polar surface area (TPSA) is 113 Å². The summed E-state index contributed by atoms with van der Waals surface area (Å²) in [5.74, 6) is 1.44. The average molecular weight is 508 g/mol. The van der Waals surface area contributed by atoms with Crippen LogP contribution >= 0.6 is 11.3 Å². The molecule has 0 saturated carbocycles. The van der Waals surface area contributed by atoms with Gasteiger partial charge in [-0.05, 0) is 44.5 Å². The van der Waals surface area contributed by atoms with Gasteiger partial charge >= 0.3 is 6.03 Å². The Hall–Kier alpha value is -3.57. The minimum Gasteiger partial charge on any atom is -0.377 e. The van der Waals surface area contributed by atoms with Gasteiger partial charge in [0.15, 0.2) is 10.8 Å². The van der Waals surface area contributed by atoms with E-state index < -0.39 is 0 Å². The monoisotopic (exact) mass is 507 g/mol. The van der Waals surface area contributed by atoms with Crippen LogP contribution in [0.1, 0.15) is 34.9 Å². The minimum atomic E-state index is -0.246. The Kier molecular flexibility index (Phi) is 7.10. The number of nitrogens with zero attached hydrogens (tertiary/aromatic N) is 5. The lowest BCUT2D eigenvalue weighted by Crippen LogP contribution is -2.45. The van der Waals surface area contributed by atoms with Crippen LogP contribution in [0.25, 0.3) is 11.4 Å². The van der Waals surface area contributed by atoms with Crippen molar-refractivity contribution in [2.24, 2.45) is 0 Å². The maximum atomic E-state index is 13.0. The molecule has 0 aliphatic carbocycles. The van der Waals surface area contributed by atoms with Gasteiger partial charge in [0.1, 0.15) is 5.82 Å². The van der Waals surface area contributed by atoms with Gasteiger partial charge in [0.2, 0.25) is 0 Å². The molecule has 0 bridgehead atoms. The van der Waals surface area contributed by atoms with Gasteiger partial charge in [-0.15, -0.1) is 11.3 Å². The number of amides is 3. The van der Waals surface area contributed by atoms with Crippen molar-refractivity contribution in [3.8, 4) is 11.4 Å². The smallest absolute Gasteiger partial charge is 0.319 e. The lowest BCUT2D eigenvalue weighted by molar-refractivity contribution is 0.0731. The Labute approximate surface area is 213 Å². The van der Waals surface area contributed by atoms with Crippen LogP contribution in [0.15, 0.2) is 35.8 Å². The summed E-state index contributed by atoms with van der Waals surface area (Å²) >= 11 is 1.35. The molecule has 1 fully saturated rings. The number of anilines is 2. The highest BCUT2D eigenvalue weighted by Crippen LogP contribution is 2.32. The van der Waals surface area contributed by atoms with Gasteiger partial charge in [0, 0.05) is 48.0 Å². The fraction of sp³-hybridized carbons (Fsp3) is 0.400. The van der Waals surface area contributed by atoms with E-state index in [0.29, 0.717) is 55.8 Å². The number of benzene rings is 1. The van der Waals surface area contributed by atoms with Gasteiger partial charge in [-0.25, -0.2) is 19.7 Å². The molecule has 36 heavy (non-hydrogen) atoms. The highest BCUT2D eigenvalue weighted by molar-refractivity contribution is 7.11. The van der Waals surface area contributed by atoms with Crippen molar-refractivity contribution in [1.82, 2.24) is 25.2 Å². The molecule has 1 unspecified atom stereocenters. The Morgan fingerprint density at radius 1 is 1.19 bits per heavy atom. The normalized spacial score (nSPS) is 17.4. The molecule has 2 aliphatic heterocycles. The fourth-order valence-corrected chi connectivity index (χ4v) is 5.10. The summed E-state index contributed by atoms with van der Waals surface area (Å²) in [6.07, 6.45) is 2.33. The molecule has 188 valence electrons. The number of urea groups is 1. The quantitative estimate of drug-likeness (QED) is 0.545. The highest BCUT2D eigenvalue weighted by atomic mass is 32.1. The average Bonchev–Trinajstić information content (AvgIpc) is 3.43. The van der Waals surface area contributed by atoms with Crippen LogP contribution in [0.2, 0.25) is 0 Å². The minimum absolute atomic E-state index is 0.0714. The van der Waals surface area contributed by atoms with Crippen LogP contribution in [0.3, 0.4) is 0 Å². The molecule has 1 aromatic carbocycles. The van der Waals surface area contributed by atoms with E-state index in [9.17, 15) is 9.59 Å². The predicted molar refractivity (Wildman–Crippen MR) is 138 cm³/mol. The third kappa shape index (κ3) is 5.02. The van der Waals surface area contributed by atoms with Crippen molar-refractivity contribution >= 4 is 34.8 Å². The number of hydrogen-bond acceptors (Lipinski definition) is 8. The zero-order valence-corrected chi connectivity index (χ0v) is 21.2. The van der Waals surface area contributed by atoms with Crippen molar-refractivity contribution < 1.29 is 14.3 Å². The number of morpholine rings is 1. The second-order valence-electron chi connectivity index (χ2n) is 8.79.